The number of aliphatic imine (C=N–C) groups is 1. The van der Waals surface area contributed by atoms with Gasteiger partial charge in [-0.15, -0.1) is 0 Å². The third-order valence-electron chi connectivity index (χ3n) is 1.49. The molecule has 1 rings (SSSR count). The zero-order chi connectivity index (χ0) is 11.6. The highest BCUT2D eigenvalue weighted by molar-refractivity contribution is 14.1. The van der Waals surface area contributed by atoms with Crippen molar-refractivity contribution in [2.75, 3.05) is 0 Å². The van der Waals surface area contributed by atoms with Gasteiger partial charge in [-0.1, -0.05) is 0 Å². The molecule has 0 amide bonds. The maximum absolute atomic E-state index is 12.8. The maximum Gasteiger partial charge on any atom is 0.417 e. The molecule has 0 radical (unpaired) electrons. The summed E-state index contributed by atoms with van der Waals surface area (Å²) in [4.78, 5) is 12.9. The van der Waals surface area contributed by atoms with Gasteiger partial charge in [-0.25, -0.2) is 9.18 Å². The average molecular weight is 331 g/mol. The SMILES string of the molecule is O=C=Nc1cc(F)cc(C(F)(F)F)c1I. The number of hydrogen-bond acceptors (Lipinski definition) is 2. The summed E-state index contributed by atoms with van der Waals surface area (Å²) in [6.45, 7) is 0. The topological polar surface area (TPSA) is 29.4 Å². The molecule has 0 unspecified atom stereocenters. The molecule has 0 atom stereocenters. The lowest BCUT2D eigenvalue weighted by molar-refractivity contribution is -0.138. The lowest BCUT2D eigenvalue weighted by atomic mass is 10.2. The highest BCUT2D eigenvalue weighted by Crippen LogP contribution is 2.37. The van der Waals surface area contributed by atoms with E-state index < -0.39 is 17.6 Å². The number of benzene rings is 1. The third-order valence-corrected chi connectivity index (χ3v) is 2.62. The minimum atomic E-state index is -4.67. The van der Waals surface area contributed by atoms with Gasteiger partial charge < -0.3 is 0 Å². The van der Waals surface area contributed by atoms with Gasteiger partial charge in [0.15, 0.2) is 0 Å². The molecule has 80 valence electrons. The molecule has 0 N–H and O–H groups in total. The van der Waals surface area contributed by atoms with Gasteiger partial charge in [-0.3, -0.25) is 0 Å². The molecule has 0 fully saturated rings. The van der Waals surface area contributed by atoms with Gasteiger partial charge in [0.05, 0.1) is 14.8 Å². The molecule has 2 nitrogen and oxygen atoms in total. The van der Waals surface area contributed by atoms with E-state index in [1.54, 1.807) is 0 Å². The molecule has 0 bridgehead atoms. The number of hydrogen-bond donors (Lipinski definition) is 0. The lowest BCUT2D eigenvalue weighted by Gasteiger charge is -2.10. The van der Waals surface area contributed by atoms with Crippen LogP contribution in [0.2, 0.25) is 0 Å². The van der Waals surface area contributed by atoms with Crippen molar-refractivity contribution in [2.45, 2.75) is 6.18 Å². The predicted molar refractivity (Wildman–Crippen MR) is 51.9 cm³/mol. The standard InChI is InChI=1S/C8H2F4INO/c9-4-1-5(8(10,11)12)7(13)6(2-4)14-3-15/h1-2H. The number of isocyanates is 1. The van der Waals surface area contributed by atoms with Crippen LogP contribution in [0.15, 0.2) is 17.1 Å². The Labute approximate surface area is 95.1 Å². The van der Waals surface area contributed by atoms with E-state index in [1.807, 2.05) is 0 Å². The molecule has 0 aliphatic heterocycles. The van der Waals surface area contributed by atoms with Crippen LogP contribution in [0.5, 0.6) is 0 Å². The Morgan fingerprint density at radius 1 is 1.33 bits per heavy atom. The van der Waals surface area contributed by atoms with Crippen LogP contribution >= 0.6 is 22.6 Å². The number of alkyl halides is 3. The normalized spacial score (nSPS) is 11.0. The van der Waals surface area contributed by atoms with Crippen LogP contribution in [0.3, 0.4) is 0 Å². The highest BCUT2D eigenvalue weighted by Gasteiger charge is 2.34. The summed E-state index contributed by atoms with van der Waals surface area (Å²) < 4.78 is 49.5. The van der Waals surface area contributed by atoms with E-state index in [0.29, 0.717) is 6.07 Å². The Morgan fingerprint density at radius 3 is 2.40 bits per heavy atom. The van der Waals surface area contributed by atoms with Crippen LogP contribution < -0.4 is 0 Å². The molecule has 0 aliphatic rings. The summed E-state index contributed by atoms with van der Waals surface area (Å²) in [5.74, 6) is -1.10. The van der Waals surface area contributed by atoms with Crippen molar-refractivity contribution in [3.05, 3.63) is 27.1 Å². The molecular formula is C8H2F4INO. The quantitative estimate of drug-likeness (QED) is 0.336. The minimum absolute atomic E-state index is 0.329. The minimum Gasteiger partial charge on any atom is -0.211 e. The van der Waals surface area contributed by atoms with Crippen molar-refractivity contribution >= 4 is 34.4 Å². The number of carbonyl (C=O) groups excluding carboxylic acids is 1. The van der Waals surface area contributed by atoms with Crippen LogP contribution in [0.25, 0.3) is 0 Å². The smallest absolute Gasteiger partial charge is 0.211 e. The van der Waals surface area contributed by atoms with E-state index in [9.17, 15) is 22.4 Å². The number of rotatable bonds is 1. The van der Waals surface area contributed by atoms with Crippen molar-refractivity contribution in [3.63, 3.8) is 0 Å². The average Bonchev–Trinajstić information content (AvgIpc) is 2.09. The molecule has 0 aromatic heterocycles. The molecule has 15 heavy (non-hydrogen) atoms. The molecular weight excluding hydrogens is 329 g/mol. The summed E-state index contributed by atoms with van der Waals surface area (Å²) in [7, 11) is 0. The van der Waals surface area contributed by atoms with Gasteiger partial charge in [0, 0.05) is 6.07 Å². The first-order chi connectivity index (χ1) is 6.86. The van der Waals surface area contributed by atoms with Crippen molar-refractivity contribution in [1.82, 2.24) is 0 Å². The van der Waals surface area contributed by atoms with E-state index in [4.69, 9.17) is 0 Å². The van der Waals surface area contributed by atoms with Crippen molar-refractivity contribution in [2.24, 2.45) is 4.99 Å². The Hall–Kier alpha value is -0.950. The van der Waals surface area contributed by atoms with Crippen LogP contribution in [-0.2, 0) is 11.0 Å². The second kappa shape index (κ2) is 4.28. The Kier molecular flexibility index (Phi) is 3.46. The zero-order valence-electron chi connectivity index (χ0n) is 6.90. The summed E-state index contributed by atoms with van der Waals surface area (Å²) in [5, 5.41) is 0. The Morgan fingerprint density at radius 2 is 1.93 bits per heavy atom. The molecule has 0 heterocycles. The van der Waals surface area contributed by atoms with Crippen LogP contribution in [-0.4, -0.2) is 6.08 Å². The van der Waals surface area contributed by atoms with E-state index in [1.165, 1.54) is 22.6 Å². The molecule has 0 saturated carbocycles. The molecule has 0 aliphatic carbocycles. The lowest BCUT2D eigenvalue weighted by Crippen LogP contribution is -2.08. The maximum atomic E-state index is 12.8. The van der Waals surface area contributed by atoms with E-state index in [0.717, 1.165) is 12.1 Å². The highest BCUT2D eigenvalue weighted by atomic mass is 127. The van der Waals surface area contributed by atoms with Gasteiger partial charge >= 0.3 is 6.18 Å². The summed E-state index contributed by atoms with van der Waals surface area (Å²) >= 11 is 1.35. The van der Waals surface area contributed by atoms with Gasteiger partial charge in [-0.05, 0) is 28.7 Å². The molecule has 0 spiro atoms. The van der Waals surface area contributed by atoms with Crippen LogP contribution in [0.4, 0.5) is 23.2 Å². The largest absolute Gasteiger partial charge is 0.417 e. The number of halogens is 5. The monoisotopic (exact) mass is 331 g/mol. The van der Waals surface area contributed by atoms with Gasteiger partial charge in [-0.2, -0.15) is 18.2 Å². The first kappa shape index (κ1) is 12.1. The second-order valence-electron chi connectivity index (χ2n) is 2.49. The van der Waals surface area contributed by atoms with Gasteiger partial charge in [0.2, 0.25) is 6.08 Å². The van der Waals surface area contributed by atoms with Gasteiger partial charge in [0.1, 0.15) is 5.82 Å². The van der Waals surface area contributed by atoms with Crippen molar-refractivity contribution in [1.29, 1.82) is 0 Å². The summed E-state index contributed by atoms with van der Waals surface area (Å²) in [5.41, 5.74) is -1.53. The molecule has 1 aromatic rings. The van der Waals surface area contributed by atoms with Crippen LogP contribution in [0.1, 0.15) is 5.56 Å². The van der Waals surface area contributed by atoms with Crippen molar-refractivity contribution in [3.8, 4) is 0 Å². The predicted octanol–water partition coefficient (Wildman–Crippen LogP) is 3.42. The van der Waals surface area contributed by atoms with E-state index >= 15 is 0 Å². The second-order valence-corrected chi connectivity index (χ2v) is 3.57. The Bertz CT molecular complexity index is 437. The Balaban J connectivity index is 3.48. The first-order valence-corrected chi connectivity index (χ1v) is 4.58. The van der Waals surface area contributed by atoms with E-state index in [-0.39, 0.29) is 9.26 Å². The fraction of sp³-hybridized carbons (Fsp3) is 0.125. The fourth-order valence-corrected chi connectivity index (χ4v) is 1.65. The molecule has 0 saturated heterocycles. The van der Waals surface area contributed by atoms with E-state index in [2.05, 4.69) is 4.99 Å². The number of nitrogens with zero attached hydrogens (tertiary/aromatic N) is 1. The summed E-state index contributed by atoms with van der Waals surface area (Å²) in [6, 6.07) is 1.09. The molecule has 1 aromatic carbocycles. The zero-order valence-corrected chi connectivity index (χ0v) is 9.06. The first-order valence-electron chi connectivity index (χ1n) is 3.50. The summed E-state index contributed by atoms with van der Waals surface area (Å²) in [6.07, 6.45) is -3.61. The van der Waals surface area contributed by atoms with Crippen molar-refractivity contribution < 1.29 is 22.4 Å². The fourth-order valence-electron chi connectivity index (χ4n) is 0.912. The van der Waals surface area contributed by atoms with Gasteiger partial charge in [0.25, 0.3) is 0 Å². The third kappa shape index (κ3) is 2.75. The molecule has 7 heteroatoms. The van der Waals surface area contributed by atoms with Crippen LogP contribution in [0, 0.1) is 9.39 Å².